The molecule has 0 fully saturated rings. The van der Waals surface area contributed by atoms with Crippen molar-refractivity contribution in [2.45, 2.75) is 79.7 Å². The Labute approximate surface area is 135 Å². The number of aromatic nitrogens is 2. The molecule has 0 bridgehead atoms. The van der Waals surface area contributed by atoms with Gasteiger partial charge in [-0.3, -0.25) is 9.69 Å². The van der Waals surface area contributed by atoms with Gasteiger partial charge >= 0.3 is 0 Å². The second-order valence-electron chi connectivity index (χ2n) is 7.25. The van der Waals surface area contributed by atoms with Gasteiger partial charge in [0.2, 0.25) is 11.9 Å². The molecule has 0 radical (unpaired) electrons. The van der Waals surface area contributed by atoms with E-state index in [1.54, 1.807) is 4.90 Å². The number of carbonyl (C=O) groups excluding carboxylic acids is 1. The number of unbranched alkanes of at least 4 members (excludes halogenated alkanes) is 1. The third-order valence-corrected chi connectivity index (χ3v) is 3.71. The second kappa shape index (κ2) is 8.25. The first-order valence-corrected chi connectivity index (χ1v) is 8.41. The summed E-state index contributed by atoms with van der Waals surface area (Å²) in [6.07, 6.45) is 8.40. The second-order valence-corrected chi connectivity index (χ2v) is 7.25. The quantitative estimate of drug-likeness (QED) is 0.750. The van der Waals surface area contributed by atoms with Crippen molar-refractivity contribution in [3.8, 4) is 0 Å². The van der Waals surface area contributed by atoms with Crippen LogP contribution in [0.4, 0.5) is 5.95 Å². The molecule has 1 amide bonds. The molecule has 0 N–H and O–H groups in total. The summed E-state index contributed by atoms with van der Waals surface area (Å²) in [4.78, 5) is 23.3. The summed E-state index contributed by atoms with van der Waals surface area (Å²) in [5, 5.41) is 0. The number of hydrogen-bond acceptors (Lipinski definition) is 3. The van der Waals surface area contributed by atoms with Gasteiger partial charge in [0.15, 0.2) is 0 Å². The van der Waals surface area contributed by atoms with E-state index in [2.05, 4.69) is 51.5 Å². The summed E-state index contributed by atoms with van der Waals surface area (Å²) >= 11 is 0. The highest BCUT2D eigenvalue weighted by atomic mass is 16.2. The molecule has 1 rings (SSSR count). The summed E-state index contributed by atoms with van der Waals surface area (Å²) in [5.41, 5.74) is 1.10. The van der Waals surface area contributed by atoms with Crippen molar-refractivity contribution in [3.63, 3.8) is 0 Å². The average Bonchev–Trinajstić information content (AvgIpc) is 2.44. The standard InChI is InChI=1S/C18H31N3O/c1-7-9-10-15-12-19-17(20-13-15)21(14(3)8-2)16(22)11-18(4,5)6/h12-14H,7-11H2,1-6H3. The van der Waals surface area contributed by atoms with Gasteiger partial charge in [-0.15, -0.1) is 0 Å². The van der Waals surface area contributed by atoms with Crippen molar-refractivity contribution in [2.75, 3.05) is 4.90 Å². The van der Waals surface area contributed by atoms with Crippen molar-refractivity contribution < 1.29 is 4.79 Å². The van der Waals surface area contributed by atoms with Crippen LogP contribution >= 0.6 is 0 Å². The number of rotatable bonds is 7. The van der Waals surface area contributed by atoms with Gasteiger partial charge < -0.3 is 0 Å². The van der Waals surface area contributed by atoms with Crippen molar-refractivity contribution in [2.24, 2.45) is 5.41 Å². The number of anilines is 1. The molecular weight excluding hydrogens is 274 g/mol. The summed E-state index contributed by atoms with van der Waals surface area (Å²) in [5.74, 6) is 0.631. The Hall–Kier alpha value is -1.45. The Morgan fingerprint density at radius 3 is 2.27 bits per heavy atom. The molecule has 22 heavy (non-hydrogen) atoms. The van der Waals surface area contributed by atoms with Crippen LogP contribution in [0.3, 0.4) is 0 Å². The van der Waals surface area contributed by atoms with E-state index in [9.17, 15) is 4.79 Å². The maximum atomic E-state index is 12.7. The van der Waals surface area contributed by atoms with Crippen LogP contribution < -0.4 is 4.90 Å². The van der Waals surface area contributed by atoms with E-state index in [1.807, 2.05) is 12.4 Å². The predicted octanol–water partition coefficient (Wildman–Crippen LogP) is 4.39. The summed E-state index contributed by atoms with van der Waals surface area (Å²) in [6, 6.07) is 0.108. The highest BCUT2D eigenvalue weighted by Crippen LogP contribution is 2.23. The minimum absolute atomic E-state index is 0.0378. The monoisotopic (exact) mass is 305 g/mol. The molecule has 0 aliphatic rings. The molecule has 0 saturated carbocycles. The zero-order valence-corrected chi connectivity index (χ0v) is 15.0. The van der Waals surface area contributed by atoms with Gasteiger partial charge in [0.05, 0.1) is 0 Å². The number of aryl methyl sites for hydroxylation is 1. The maximum Gasteiger partial charge on any atom is 0.232 e. The zero-order valence-electron chi connectivity index (χ0n) is 15.0. The first-order valence-electron chi connectivity index (χ1n) is 8.41. The molecule has 124 valence electrons. The van der Waals surface area contributed by atoms with Crippen LogP contribution in [0.25, 0.3) is 0 Å². The van der Waals surface area contributed by atoms with Crippen LogP contribution in [0.1, 0.15) is 72.8 Å². The van der Waals surface area contributed by atoms with Crippen LogP contribution in [-0.4, -0.2) is 21.9 Å². The Bertz CT molecular complexity index is 462. The normalized spacial score (nSPS) is 13.0. The van der Waals surface area contributed by atoms with E-state index < -0.39 is 0 Å². The minimum atomic E-state index is -0.0378. The van der Waals surface area contributed by atoms with Crippen molar-refractivity contribution in [1.82, 2.24) is 9.97 Å². The number of carbonyl (C=O) groups is 1. The molecule has 1 atom stereocenters. The van der Waals surface area contributed by atoms with E-state index in [0.717, 1.165) is 31.2 Å². The lowest BCUT2D eigenvalue weighted by Crippen LogP contribution is -2.41. The molecular formula is C18H31N3O. The Morgan fingerprint density at radius 2 is 1.82 bits per heavy atom. The van der Waals surface area contributed by atoms with Gasteiger partial charge in [0.25, 0.3) is 0 Å². The highest BCUT2D eigenvalue weighted by molar-refractivity contribution is 5.92. The van der Waals surface area contributed by atoms with Crippen molar-refractivity contribution in [3.05, 3.63) is 18.0 Å². The van der Waals surface area contributed by atoms with E-state index >= 15 is 0 Å². The lowest BCUT2D eigenvalue weighted by atomic mass is 9.91. The molecule has 4 nitrogen and oxygen atoms in total. The number of nitrogens with zero attached hydrogens (tertiary/aromatic N) is 3. The molecule has 4 heteroatoms. The molecule has 1 heterocycles. The zero-order chi connectivity index (χ0) is 16.8. The van der Waals surface area contributed by atoms with Gasteiger partial charge in [-0.25, -0.2) is 9.97 Å². The van der Waals surface area contributed by atoms with Crippen LogP contribution in [-0.2, 0) is 11.2 Å². The maximum absolute atomic E-state index is 12.7. The SMILES string of the molecule is CCCCc1cnc(N(C(=O)CC(C)(C)C)C(C)CC)nc1. The van der Waals surface area contributed by atoms with E-state index in [4.69, 9.17) is 0 Å². The van der Waals surface area contributed by atoms with Crippen molar-refractivity contribution >= 4 is 11.9 Å². The first-order chi connectivity index (χ1) is 10.3. The summed E-state index contributed by atoms with van der Waals surface area (Å²) in [6.45, 7) is 12.5. The van der Waals surface area contributed by atoms with Crippen LogP contribution in [0.2, 0.25) is 0 Å². The Kier molecular flexibility index (Phi) is 6.98. The molecule has 0 aliphatic heterocycles. The van der Waals surface area contributed by atoms with Gasteiger partial charge in [-0.2, -0.15) is 0 Å². The number of amides is 1. The van der Waals surface area contributed by atoms with Gasteiger partial charge in [-0.1, -0.05) is 41.0 Å². The minimum Gasteiger partial charge on any atom is -0.278 e. The van der Waals surface area contributed by atoms with Crippen molar-refractivity contribution in [1.29, 1.82) is 0 Å². The fraction of sp³-hybridized carbons (Fsp3) is 0.722. The fourth-order valence-electron chi connectivity index (χ4n) is 2.26. The van der Waals surface area contributed by atoms with E-state index in [0.29, 0.717) is 12.4 Å². The van der Waals surface area contributed by atoms with E-state index in [-0.39, 0.29) is 17.4 Å². The molecule has 0 spiro atoms. The topological polar surface area (TPSA) is 46.1 Å². The predicted molar refractivity (Wildman–Crippen MR) is 92.0 cm³/mol. The largest absolute Gasteiger partial charge is 0.278 e. The Morgan fingerprint density at radius 1 is 1.23 bits per heavy atom. The first kappa shape index (κ1) is 18.6. The lowest BCUT2D eigenvalue weighted by Gasteiger charge is -2.29. The lowest BCUT2D eigenvalue weighted by molar-refractivity contribution is -0.120. The van der Waals surface area contributed by atoms with Crippen LogP contribution in [0, 0.1) is 5.41 Å². The highest BCUT2D eigenvalue weighted by Gasteiger charge is 2.27. The third-order valence-electron chi connectivity index (χ3n) is 3.71. The summed E-state index contributed by atoms with van der Waals surface area (Å²) in [7, 11) is 0. The van der Waals surface area contributed by atoms with E-state index in [1.165, 1.54) is 0 Å². The number of hydrogen-bond donors (Lipinski definition) is 0. The molecule has 0 aliphatic carbocycles. The van der Waals surface area contributed by atoms with Crippen LogP contribution in [0.15, 0.2) is 12.4 Å². The fourth-order valence-corrected chi connectivity index (χ4v) is 2.26. The van der Waals surface area contributed by atoms with Gasteiger partial charge in [0.1, 0.15) is 0 Å². The molecule has 1 aromatic heterocycles. The van der Waals surface area contributed by atoms with Crippen LogP contribution in [0.5, 0.6) is 0 Å². The molecule has 0 saturated heterocycles. The Balaban J connectivity index is 2.94. The smallest absolute Gasteiger partial charge is 0.232 e. The molecule has 0 aromatic carbocycles. The average molecular weight is 305 g/mol. The summed E-state index contributed by atoms with van der Waals surface area (Å²) < 4.78 is 0. The van der Waals surface area contributed by atoms with Gasteiger partial charge in [-0.05, 0) is 37.2 Å². The van der Waals surface area contributed by atoms with Gasteiger partial charge in [0, 0.05) is 24.9 Å². The molecule has 1 unspecified atom stereocenters. The molecule has 1 aromatic rings. The third kappa shape index (κ3) is 5.74.